The Morgan fingerprint density at radius 1 is 1.00 bits per heavy atom. The van der Waals surface area contributed by atoms with Gasteiger partial charge >= 0.3 is 0 Å². The Hall–Kier alpha value is -0.640. The smallest absolute Gasteiger partial charge is 0.111 e. The summed E-state index contributed by atoms with van der Waals surface area (Å²) in [6.07, 6.45) is 1.20. The molecule has 0 atom stereocenters. The van der Waals surface area contributed by atoms with Crippen molar-refractivity contribution < 1.29 is 5.32 Å². The van der Waals surface area contributed by atoms with Crippen molar-refractivity contribution in [3.8, 4) is 0 Å². The van der Waals surface area contributed by atoms with Gasteiger partial charge in [-0.05, 0) is 22.9 Å². The summed E-state index contributed by atoms with van der Waals surface area (Å²) in [6, 6.07) is 8.66. The number of hydrogen-bond acceptors (Lipinski definition) is 2. The fourth-order valence-electron chi connectivity index (χ4n) is 1.37. The summed E-state index contributed by atoms with van der Waals surface area (Å²) in [6.45, 7) is 2.32. The van der Waals surface area contributed by atoms with E-state index in [1.54, 1.807) is 0 Å². The molecule has 74 valence electrons. The Balaban J connectivity index is 1.65. The summed E-state index contributed by atoms with van der Waals surface area (Å²) in [4.78, 5) is 2.96. The summed E-state index contributed by atoms with van der Waals surface area (Å²) in [5.74, 6) is 0. The summed E-state index contributed by atoms with van der Waals surface area (Å²) < 4.78 is 0. The van der Waals surface area contributed by atoms with E-state index in [4.69, 9.17) is 0 Å². The first-order valence-corrected chi connectivity index (χ1v) is 6.57. The van der Waals surface area contributed by atoms with E-state index < -0.39 is 0 Å². The molecule has 2 rings (SSSR count). The highest BCUT2D eigenvalue weighted by Gasteiger charge is 1.97. The molecule has 2 aromatic heterocycles. The first kappa shape index (κ1) is 9.90. The van der Waals surface area contributed by atoms with Crippen LogP contribution in [0.15, 0.2) is 35.0 Å². The molecular formula is C11H14NS2+. The third-order valence-corrected chi connectivity index (χ3v) is 3.94. The molecule has 0 aliphatic carbocycles. The molecule has 2 aromatic rings. The molecular weight excluding hydrogens is 210 g/mol. The molecule has 0 bridgehead atoms. The molecule has 2 heterocycles. The second-order valence-corrected chi connectivity index (χ2v) is 5.25. The van der Waals surface area contributed by atoms with Gasteiger partial charge in [0.1, 0.15) is 6.54 Å². The minimum Gasteiger partial charge on any atom is -0.342 e. The first-order chi connectivity index (χ1) is 6.95. The van der Waals surface area contributed by atoms with E-state index >= 15 is 0 Å². The maximum atomic E-state index is 2.38. The fourth-order valence-corrected chi connectivity index (χ4v) is 2.80. The SMILES string of the molecule is c1csc(CC[NH2+]Cc2cccs2)c1. The van der Waals surface area contributed by atoms with Crippen LogP contribution in [0.2, 0.25) is 0 Å². The van der Waals surface area contributed by atoms with Crippen molar-refractivity contribution in [3.63, 3.8) is 0 Å². The topological polar surface area (TPSA) is 16.6 Å². The molecule has 0 amide bonds. The normalized spacial score (nSPS) is 10.6. The molecule has 0 spiro atoms. The number of thiophene rings is 2. The number of hydrogen-bond donors (Lipinski definition) is 1. The minimum absolute atomic E-state index is 1.13. The van der Waals surface area contributed by atoms with E-state index in [9.17, 15) is 0 Å². The van der Waals surface area contributed by atoms with Crippen molar-refractivity contribution in [1.29, 1.82) is 0 Å². The van der Waals surface area contributed by atoms with Crippen molar-refractivity contribution >= 4 is 22.7 Å². The van der Waals surface area contributed by atoms with Crippen molar-refractivity contribution in [2.24, 2.45) is 0 Å². The van der Waals surface area contributed by atoms with Crippen molar-refractivity contribution in [2.75, 3.05) is 6.54 Å². The standard InChI is InChI=1S/C11H13NS2/c1-3-10(13-7-1)5-6-12-9-11-4-2-8-14-11/h1-4,7-8,12H,5-6,9H2/p+1. The molecule has 0 radical (unpaired) electrons. The van der Waals surface area contributed by atoms with Crippen molar-refractivity contribution in [2.45, 2.75) is 13.0 Å². The predicted molar refractivity (Wildman–Crippen MR) is 62.8 cm³/mol. The zero-order valence-corrected chi connectivity index (χ0v) is 9.61. The monoisotopic (exact) mass is 224 g/mol. The van der Waals surface area contributed by atoms with E-state index in [1.807, 2.05) is 22.7 Å². The fraction of sp³-hybridized carbons (Fsp3) is 0.273. The summed E-state index contributed by atoms with van der Waals surface area (Å²) in [5.41, 5.74) is 0. The van der Waals surface area contributed by atoms with Gasteiger partial charge in [0.15, 0.2) is 0 Å². The maximum absolute atomic E-state index is 2.38. The lowest BCUT2D eigenvalue weighted by atomic mass is 10.3. The molecule has 0 fully saturated rings. The Morgan fingerprint density at radius 3 is 2.36 bits per heavy atom. The molecule has 0 aromatic carbocycles. The summed E-state index contributed by atoms with van der Waals surface area (Å²) in [5, 5.41) is 6.67. The molecule has 14 heavy (non-hydrogen) atoms. The van der Waals surface area contributed by atoms with Gasteiger partial charge in [0, 0.05) is 11.3 Å². The van der Waals surface area contributed by atoms with Crippen LogP contribution < -0.4 is 5.32 Å². The van der Waals surface area contributed by atoms with Gasteiger partial charge in [0.05, 0.1) is 11.4 Å². The van der Waals surface area contributed by atoms with Gasteiger partial charge in [0.2, 0.25) is 0 Å². The Bertz CT molecular complexity index is 301. The highest BCUT2D eigenvalue weighted by molar-refractivity contribution is 7.10. The van der Waals surface area contributed by atoms with Gasteiger partial charge in [-0.3, -0.25) is 0 Å². The molecule has 0 unspecified atom stereocenters. The van der Waals surface area contributed by atoms with E-state index in [2.05, 4.69) is 40.3 Å². The number of nitrogens with two attached hydrogens (primary N) is 1. The molecule has 2 N–H and O–H groups in total. The van der Waals surface area contributed by atoms with Crippen molar-refractivity contribution in [3.05, 3.63) is 44.8 Å². The Kier molecular flexibility index (Phi) is 3.74. The quantitative estimate of drug-likeness (QED) is 0.749. The van der Waals surface area contributed by atoms with E-state index in [1.165, 1.54) is 22.7 Å². The third kappa shape index (κ3) is 2.94. The molecule has 1 nitrogen and oxygen atoms in total. The summed E-state index contributed by atoms with van der Waals surface area (Å²) >= 11 is 3.70. The van der Waals surface area contributed by atoms with Gasteiger partial charge in [-0.15, -0.1) is 22.7 Å². The third-order valence-electron chi connectivity index (χ3n) is 2.10. The van der Waals surface area contributed by atoms with Crippen LogP contribution in [0.4, 0.5) is 0 Å². The molecule has 0 saturated heterocycles. The first-order valence-electron chi connectivity index (χ1n) is 4.81. The van der Waals surface area contributed by atoms with Crippen LogP contribution in [0, 0.1) is 0 Å². The Labute approximate surface area is 92.4 Å². The van der Waals surface area contributed by atoms with Crippen LogP contribution in [-0.2, 0) is 13.0 Å². The Morgan fingerprint density at radius 2 is 1.71 bits per heavy atom. The average Bonchev–Trinajstić information content (AvgIpc) is 2.86. The van der Waals surface area contributed by atoms with Gasteiger partial charge < -0.3 is 5.32 Å². The van der Waals surface area contributed by atoms with Gasteiger partial charge in [-0.1, -0.05) is 12.1 Å². The highest BCUT2D eigenvalue weighted by atomic mass is 32.1. The van der Waals surface area contributed by atoms with Crippen LogP contribution in [0.5, 0.6) is 0 Å². The van der Waals surface area contributed by atoms with E-state index in [0.717, 1.165) is 6.54 Å². The van der Waals surface area contributed by atoms with Crippen LogP contribution in [-0.4, -0.2) is 6.54 Å². The van der Waals surface area contributed by atoms with Gasteiger partial charge in [-0.2, -0.15) is 0 Å². The molecule has 0 aliphatic heterocycles. The second-order valence-electron chi connectivity index (χ2n) is 3.19. The summed E-state index contributed by atoms with van der Waals surface area (Å²) in [7, 11) is 0. The second kappa shape index (κ2) is 5.29. The maximum Gasteiger partial charge on any atom is 0.111 e. The van der Waals surface area contributed by atoms with Crippen LogP contribution >= 0.6 is 22.7 Å². The van der Waals surface area contributed by atoms with E-state index in [-0.39, 0.29) is 0 Å². The number of rotatable bonds is 5. The van der Waals surface area contributed by atoms with Gasteiger partial charge in [-0.25, -0.2) is 0 Å². The van der Waals surface area contributed by atoms with Crippen molar-refractivity contribution in [1.82, 2.24) is 0 Å². The zero-order valence-electron chi connectivity index (χ0n) is 7.98. The molecule has 0 saturated carbocycles. The lowest BCUT2D eigenvalue weighted by Crippen LogP contribution is -2.82. The molecule has 3 heteroatoms. The number of quaternary nitrogens is 1. The minimum atomic E-state index is 1.13. The van der Waals surface area contributed by atoms with E-state index in [0.29, 0.717) is 0 Å². The highest BCUT2D eigenvalue weighted by Crippen LogP contribution is 2.08. The average molecular weight is 224 g/mol. The molecule has 0 aliphatic rings. The van der Waals surface area contributed by atoms with Gasteiger partial charge in [0.25, 0.3) is 0 Å². The van der Waals surface area contributed by atoms with Crippen LogP contribution in [0.1, 0.15) is 9.75 Å². The zero-order chi connectivity index (χ0) is 9.64. The lowest BCUT2D eigenvalue weighted by Gasteiger charge is -1.97. The largest absolute Gasteiger partial charge is 0.342 e. The predicted octanol–water partition coefficient (Wildman–Crippen LogP) is 2.12. The van der Waals surface area contributed by atoms with Crippen LogP contribution in [0.25, 0.3) is 0 Å². The lowest BCUT2D eigenvalue weighted by molar-refractivity contribution is -0.669. The van der Waals surface area contributed by atoms with Crippen LogP contribution in [0.3, 0.4) is 0 Å².